The molecule has 0 spiro atoms. The molecule has 0 aromatic heterocycles. The summed E-state index contributed by atoms with van der Waals surface area (Å²) in [7, 11) is 0. The number of aliphatic hydroxyl groups is 3. The van der Waals surface area contributed by atoms with Crippen LogP contribution < -0.4 is 0 Å². The minimum Gasteiger partial charge on any atom is -0.387 e. The van der Waals surface area contributed by atoms with Gasteiger partial charge in [-0.1, -0.05) is 59.7 Å². The Labute approximate surface area is 146 Å². The molecule has 0 saturated carbocycles. The number of carbonyl (C=O) groups is 1. The number of benzene rings is 2. The molecule has 2 aromatic carbocycles. The van der Waals surface area contributed by atoms with Gasteiger partial charge in [-0.2, -0.15) is 0 Å². The fraction of sp³-hybridized carbons (Fsp3) is 0.316. The van der Waals surface area contributed by atoms with Gasteiger partial charge in [0.1, 0.15) is 17.8 Å². The molecule has 4 nitrogen and oxygen atoms in total. The van der Waals surface area contributed by atoms with Crippen LogP contribution in [-0.2, 0) is 10.4 Å². The zero-order valence-electron chi connectivity index (χ0n) is 13.6. The summed E-state index contributed by atoms with van der Waals surface area (Å²) in [5.74, 6) is 0. The van der Waals surface area contributed by atoms with Crippen molar-refractivity contribution >= 4 is 16.8 Å². The number of hydrogen-bond acceptors (Lipinski definition) is 4. The van der Waals surface area contributed by atoms with E-state index in [4.69, 9.17) is 11.6 Å². The van der Waals surface area contributed by atoms with E-state index in [0.717, 1.165) is 11.1 Å². The first-order valence-electron chi connectivity index (χ1n) is 7.64. The summed E-state index contributed by atoms with van der Waals surface area (Å²) in [5.41, 5.74) is 0.745. The summed E-state index contributed by atoms with van der Waals surface area (Å²) in [6.45, 7) is 3.79. The Morgan fingerprint density at radius 1 is 1.00 bits per heavy atom. The maximum Gasteiger partial charge on any atom is 0.224 e. The van der Waals surface area contributed by atoms with E-state index < -0.39 is 29.5 Å². The molecule has 0 bridgehead atoms. The van der Waals surface area contributed by atoms with Crippen molar-refractivity contribution in [2.24, 2.45) is 0 Å². The van der Waals surface area contributed by atoms with Crippen LogP contribution in [-0.4, -0.2) is 26.7 Å². The summed E-state index contributed by atoms with van der Waals surface area (Å²) in [4.78, 5) is 11.4. The van der Waals surface area contributed by atoms with Gasteiger partial charge in [-0.25, -0.2) is 0 Å². The van der Waals surface area contributed by atoms with Crippen molar-refractivity contribution in [3.8, 4) is 0 Å². The Morgan fingerprint density at radius 3 is 1.92 bits per heavy atom. The summed E-state index contributed by atoms with van der Waals surface area (Å²) in [6.07, 6.45) is -3.50. The fourth-order valence-corrected chi connectivity index (χ4v) is 2.84. The van der Waals surface area contributed by atoms with E-state index in [1.54, 1.807) is 48.5 Å². The van der Waals surface area contributed by atoms with Crippen molar-refractivity contribution in [1.82, 2.24) is 0 Å². The lowest BCUT2D eigenvalue weighted by atomic mass is 9.81. The molecule has 1 unspecified atom stereocenters. The molecule has 0 saturated heterocycles. The molecular weight excluding hydrogens is 328 g/mol. The lowest BCUT2D eigenvalue weighted by Gasteiger charge is -2.35. The molecule has 0 heterocycles. The molecule has 0 fully saturated rings. The summed E-state index contributed by atoms with van der Waals surface area (Å²) in [5, 5.41) is 31.3. The maximum absolute atomic E-state index is 11.4. The second-order valence-corrected chi connectivity index (χ2v) is 6.54. The van der Waals surface area contributed by atoms with Crippen LogP contribution in [0.25, 0.3) is 0 Å². The van der Waals surface area contributed by atoms with Gasteiger partial charge in [-0.05, 0) is 36.6 Å². The van der Waals surface area contributed by atoms with Crippen molar-refractivity contribution in [3.05, 3.63) is 70.8 Å². The first-order valence-corrected chi connectivity index (χ1v) is 8.02. The summed E-state index contributed by atoms with van der Waals surface area (Å²) < 4.78 is 0. The second-order valence-electron chi connectivity index (χ2n) is 6.12. The average Bonchev–Trinajstić information content (AvgIpc) is 2.54. The van der Waals surface area contributed by atoms with Crippen LogP contribution in [0.4, 0.5) is 0 Å². The molecule has 128 valence electrons. The molecule has 2 aromatic rings. The molecule has 0 aliphatic carbocycles. The number of halogens is 1. The van der Waals surface area contributed by atoms with Gasteiger partial charge in [0, 0.05) is 0 Å². The van der Waals surface area contributed by atoms with Gasteiger partial charge in [0.2, 0.25) is 5.24 Å². The highest BCUT2D eigenvalue weighted by molar-refractivity contribution is 6.63. The monoisotopic (exact) mass is 348 g/mol. The topological polar surface area (TPSA) is 77.8 Å². The van der Waals surface area contributed by atoms with Crippen molar-refractivity contribution in [2.45, 2.75) is 38.1 Å². The van der Waals surface area contributed by atoms with Crippen LogP contribution in [0.2, 0.25) is 0 Å². The summed E-state index contributed by atoms with van der Waals surface area (Å²) in [6, 6.07) is 13.7. The number of carbonyl (C=O) groups excluding carboxylic acids is 1. The fourth-order valence-electron chi connectivity index (χ4n) is 2.64. The van der Waals surface area contributed by atoms with Crippen LogP contribution >= 0.6 is 11.6 Å². The maximum atomic E-state index is 11.4. The van der Waals surface area contributed by atoms with Gasteiger partial charge in [0.15, 0.2) is 0 Å². The van der Waals surface area contributed by atoms with E-state index in [0.29, 0.717) is 11.1 Å². The van der Waals surface area contributed by atoms with Crippen molar-refractivity contribution in [2.75, 3.05) is 0 Å². The summed E-state index contributed by atoms with van der Waals surface area (Å²) >= 11 is 5.47. The van der Waals surface area contributed by atoms with Gasteiger partial charge < -0.3 is 15.3 Å². The molecule has 3 N–H and O–H groups in total. The zero-order valence-corrected chi connectivity index (χ0v) is 14.4. The van der Waals surface area contributed by atoms with Crippen LogP contribution in [0, 0.1) is 13.8 Å². The SMILES string of the molecule is Cc1ccc(C(O)[C@@H](O)[C@@](O)(CC(=O)Cl)c2ccc(C)cc2)cc1. The molecule has 0 amide bonds. The third kappa shape index (κ3) is 4.02. The van der Waals surface area contributed by atoms with E-state index in [2.05, 4.69) is 0 Å². The largest absolute Gasteiger partial charge is 0.387 e. The predicted molar refractivity (Wildman–Crippen MR) is 92.7 cm³/mol. The highest BCUT2D eigenvalue weighted by atomic mass is 35.5. The highest BCUT2D eigenvalue weighted by Crippen LogP contribution is 2.36. The molecular formula is C19H21ClO4. The highest BCUT2D eigenvalue weighted by Gasteiger charge is 2.43. The van der Waals surface area contributed by atoms with E-state index >= 15 is 0 Å². The Kier molecular flexibility index (Phi) is 5.78. The lowest BCUT2D eigenvalue weighted by molar-refractivity contribution is -0.145. The Balaban J connectivity index is 2.40. The quantitative estimate of drug-likeness (QED) is 0.701. The molecule has 3 atom stereocenters. The van der Waals surface area contributed by atoms with Crippen LogP contribution in [0.1, 0.15) is 34.8 Å². The third-order valence-electron chi connectivity index (χ3n) is 4.17. The van der Waals surface area contributed by atoms with E-state index in [1.807, 2.05) is 13.8 Å². The molecule has 5 heteroatoms. The normalized spacial score (nSPS) is 16.2. The van der Waals surface area contributed by atoms with Gasteiger partial charge in [-0.15, -0.1) is 0 Å². The molecule has 24 heavy (non-hydrogen) atoms. The van der Waals surface area contributed by atoms with Crippen molar-refractivity contribution in [3.63, 3.8) is 0 Å². The Hall–Kier alpha value is -1.72. The van der Waals surface area contributed by atoms with E-state index in [-0.39, 0.29) is 0 Å². The van der Waals surface area contributed by atoms with Gasteiger partial charge in [-0.3, -0.25) is 4.79 Å². The molecule has 0 radical (unpaired) electrons. The second kappa shape index (κ2) is 7.45. The molecule has 0 aliphatic rings. The average molecular weight is 349 g/mol. The third-order valence-corrected chi connectivity index (χ3v) is 4.30. The molecule has 2 rings (SSSR count). The first-order chi connectivity index (χ1) is 11.2. The molecule has 0 aliphatic heterocycles. The Bertz CT molecular complexity index is 696. The van der Waals surface area contributed by atoms with E-state index in [1.165, 1.54) is 0 Å². The van der Waals surface area contributed by atoms with Crippen molar-refractivity contribution < 1.29 is 20.1 Å². The first kappa shape index (κ1) is 18.6. The standard InChI is InChI=1S/C19H21ClO4/c1-12-3-7-14(8-4-12)17(22)18(23)19(24,11-16(20)21)15-9-5-13(2)6-10-15/h3-10,17-18,22-24H,11H2,1-2H3/t17?,18-,19-/m1/s1. The minimum atomic E-state index is -1.99. The predicted octanol–water partition coefficient (Wildman–Crippen LogP) is 2.74. The van der Waals surface area contributed by atoms with Crippen LogP contribution in [0.3, 0.4) is 0 Å². The Morgan fingerprint density at radius 2 is 1.46 bits per heavy atom. The lowest BCUT2D eigenvalue weighted by Crippen LogP contribution is -2.44. The van der Waals surface area contributed by atoms with Gasteiger partial charge in [0.25, 0.3) is 0 Å². The zero-order chi connectivity index (χ0) is 17.9. The van der Waals surface area contributed by atoms with Crippen LogP contribution in [0.5, 0.6) is 0 Å². The van der Waals surface area contributed by atoms with Gasteiger partial charge >= 0.3 is 0 Å². The van der Waals surface area contributed by atoms with Crippen molar-refractivity contribution in [1.29, 1.82) is 0 Å². The minimum absolute atomic E-state index is 0.320. The number of aliphatic hydroxyl groups excluding tert-OH is 2. The van der Waals surface area contributed by atoms with E-state index in [9.17, 15) is 20.1 Å². The number of hydrogen-bond donors (Lipinski definition) is 3. The number of aryl methyl sites for hydroxylation is 2. The number of rotatable bonds is 6. The van der Waals surface area contributed by atoms with Crippen LogP contribution in [0.15, 0.2) is 48.5 Å². The smallest absolute Gasteiger partial charge is 0.224 e. The van der Waals surface area contributed by atoms with Gasteiger partial charge in [0.05, 0.1) is 6.42 Å².